The minimum atomic E-state index is -2.93. The zero-order valence-electron chi connectivity index (χ0n) is 3.10. The lowest BCUT2D eigenvalue weighted by Gasteiger charge is -1.91. The molecule has 6 heteroatoms. The Morgan fingerprint density at radius 3 is 2.14 bits per heavy atom. The Morgan fingerprint density at radius 2 is 2.14 bits per heavy atom. The van der Waals surface area contributed by atoms with Crippen LogP contribution in [-0.4, -0.2) is 15.3 Å². The molecule has 2 N–H and O–H groups in total. The normalized spacial score (nSPS) is 14.9. The Kier molecular flexibility index (Phi) is 2.97. The monoisotopic (exact) mass is 131 g/mol. The van der Waals surface area contributed by atoms with Crippen molar-refractivity contribution in [2.75, 3.05) is 0 Å². The van der Waals surface area contributed by atoms with Gasteiger partial charge in [-0.2, -0.15) is 13.5 Å². The summed E-state index contributed by atoms with van der Waals surface area (Å²) in [6.45, 7) is -2.93. The zero-order valence-corrected chi connectivity index (χ0v) is 3.91. The number of hydrogen-bond donors (Lipinski definition) is 2. The van der Waals surface area contributed by atoms with Gasteiger partial charge in [-0.1, -0.05) is 0 Å². The maximum atomic E-state index is 10.8. The minimum absolute atomic E-state index is 1.00. The SMILES string of the molecule is O=S(O)NC(F)F. The van der Waals surface area contributed by atoms with Crippen molar-refractivity contribution in [1.82, 2.24) is 4.72 Å². The van der Waals surface area contributed by atoms with Gasteiger partial charge in [-0.25, -0.2) is 4.21 Å². The molecule has 0 bridgehead atoms. The van der Waals surface area contributed by atoms with E-state index in [1.165, 1.54) is 0 Å². The molecule has 0 aromatic carbocycles. The van der Waals surface area contributed by atoms with E-state index in [4.69, 9.17) is 4.55 Å². The van der Waals surface area contributed by atoms with Crippen molar-refractivity contribution in [2.24, 2.45) is 0 Å². The second kappa shape index (κ2) is 3.00. The Morgan fingerprint density at radius 1 is 1.71 bits per heavy atom. The molecular weight excluding hydrogens is 128 g/mol. The second-order valence-corrected chi connectivity index (χ2v) is 1.40. The van der Waals surface area contributed by atoms with Gasteiger partial charge in [0, 0.05) is 0 Å². The van der Waals surface area contributed by atoms with Crippen LogP contribution >= 0.6 is 0 Å². The van der Waals surface area contributed by atoms with Crippen LogP contribution in [0.15, 0.2) is 0 Å². The molecule has 0 amide bonds. The Bertz CT molecular complexity index is 76.1. The van der Waals surface area contributed by atoms with E-state index < -0.39 is 17.8 Å². The summed E-state index contributed by atoms with van der Waals surface area (Å²) in [6, 6.07) is 0. The molecule has 0 rings (SSSR count). The highest BCUT2D eigenvalue weighted by Gasteiger charge is 2.01. The Balaban J connectivity index is 3.13. The highest BCUT2D eigenvalue weighted by molar-refractivity contribution is 7.77. The summed E-state index contributed by atoms with van der Waals surface area (Å²) in [5, 5.41) is 0. The van der Waals surface area contributed by atoms with Gasteiger partial charge < -0.3 is 0 Å². The number of rotatable bonds is 2. The van der Waals surface area contributed by atoms with Crippen molar-refractivity contribution in [1.29, 1.82) is 0 Å². The average molecular weight is 131 g/mol. The lowest BCUT2D eigenvalue weighted by molar-refractivity contribution is 0.135. The van der Waals surface area contributed by atoms with Gasteiger partial charge in [0.15, 0.2) is 0 Å². The summed E-state index contributed by atoms with van der Waals surface area (Å²) in [5.41, 5.74) is 0. The first kappa shape index (κ1) is 6.93. The molecule has 0 spiro atoms. The first-order valence-electron chi connectivity index (χ1n) is 1.28. The van der Waals surface area contributed by atoms with E-state index in [0.29, 0.717) is 0 Å². The highest BCUT2D eigenvalue weighted by Crippen LogP contribution is 1.83. The summed E-state index contributed by atoms with van der Waals surface area (Å²) >= 11 is -2.60. The summed E-state index contributed by atoms with van der Waals surface area (Å²) in [5.74, 6) is 0. The van der Waals surface area contributed by atoms with Gasteiger partial charge in [-0.15, -0.1) is 0 Å². The second-order valence-electron chi connectivity index (χ2n) is 0.668. The fourth-order valence-electron chi connectivity index (χ4n) is 0.0762. The summed E-state index contributed by atoms with van der Waals surface area (Å²) < 4.78 is 39.6. The van der Waals surface area contributed by atoms with Crippen LogP contribution in [-0.2, 0) is 11.3 Å². The molecule has 0 aliphatic carbocycles. The third-order valence-electron chi connectivity index (χ3n) is 0.190. The predicted molar refractivity (Wildman–Crippen MR) is 19.9 cm³/mol. The Hall–Kier alpha value is -0.0700. The number of nitrogens with one attached hydrogen (secondary N) is 1. The van der Waals surface area contributed by atoms with E-state index in [-0.39, 0.29) is 0 Å². The van der Waals surface area contributed by atoms with Crippen LogP contribution in [0.2, 0.25) is 0 Å². The van der Waals surface area contributed by atoms with Crippen LogP contribution in [0.25, 0.3) is 0 Å². The standard InChI is InChI=1S/CH3F2NO2S/c2-1(3)4-7(5)6/h1,4H,(H,5,6). The summed E-state index contributed by atoms with van der Waals surface area (Å²) in [7, 11) is 0. The molecule has 44 valence electrons. The maximum Gasteiger partial charge on any atom is 0.304 e. The molecule has 3 nitrogen and oxygen atoms in total. The molecule has 7 heavy (non-hydrogen) atoms. The third kappa shape index (κ3) is 5.93. The smallest absolute Gasteiger partial charge is 0.294 e. The van der Waals surface area contributed by atoms with Crippen molar-refractivity contribution in [3.8, 4) is 0 Å². The lowest BCUT2D eigenvalue weighted by atomic mass is 11.4. The van der Waals surface area contributed by atoms with E-state index in [1.54, 1.807) is 0 Å². The minimum Gasteiger partial charge on any atom is -0.294 e. The molecule has 0 saturated heterocycles. The lowest BCUT2D eigenvalue weighted by Crippen LogP contribution is -2.21. The summed E-state index contributed by atoms with van der Waals surface area (Å²) in [6.07, 6.45) is 0. The molecule has 0 fully saturated rings. The molecule has 0 aliphatic rings. The number of alkyl halides is 2. The van der Waals surface area contributed by atoms with Crippen molar-refractivity contribution >= 4 is 11.3 Å². The fraction of sp³-hybridized carbons (Fsp3) is 1.00. The van der Waals surface area contributed by atoms with E-state index in [0.717, 1.165) is 4.72 Å². The highest BCUT2D eigenvalue weighted by atomic mass is 32.2. The van der Waals surface area contributed by atoms with Gasteiger partial charge >= 0.3 is 6.55 Å². The van der Waals surface area contributed by atoms with Crippen LogP contribution < -0.4 is 4.72 Å². The molecule has 0 aliphatic heterocycles. The van der Waals surface area contributed by atoms with E-state index in [1.807, 2.05) is 0 Å². The molecule has 0 radical (unpaired) electrons. The molecule has 0 aromatic rings. The molecule has 1 atom stereocenters. The first-order chi connectivity index (χ1) is 3.13. The Labute approximate surface area is 41.1 Å². The first-order valence-corrected chi connectivity index (χ1v) is 2.39. The van der Waals surface area contributed by atoms with Crippen LogP contribution in [0, 0.1) is 0 Å². The quantitative estimate of drug-likeness (QED) is 0.407. The zero-order chi connectivity index (χ0) is 5.86. The van der Waals surface area contributed by atoms with E-state index in [2.05, 4.69) is 0 Å². The van der Waals surface area contributed by atoms with E-state index >= 15 is 0 Å². The molecule has 0 aromatic heterocycles. The largest absolute Gasteiger partial charge is 0.304 e. The van der Waals surface area contributed by atoms with Crippen LogP contribution in [0.5, 0.6) is 0 Å². The van der Waals surface area contributed by atoms with Gasteiger partial charge in [-0.05, 0) is 0 Å². The van der Waals surface area contributed by atoms with Crippen molar-refractivity contribution in [2.45, 2.75) is 6.55 Å². The third-order valence-corrected chi connectivity index (χ3v) is 0.570. The molecule has 0 saturated carbocycles. The van der Waals surface area contributed by atoms with Gasteiger partial charge in [0.2, 0.25) is 11.3 Å². The number of halogens is 2. The summed E-state index contributed by atoms with van der Waals surface area (Å²) in [4.78, 5) is 0. The topological polar surface area (TPSA) is 49.3 Å². The van der Waals surface area contributed by atoms with E-state index in [9.17, 15) is 13.0 Å². The number of hydrogen-bond acceptors (Lipinski definition) is 1. The van der Waals surface area contributed by atoms with Gasteiger partial charge in [-0.3, -0.25) is 4.55 Å². The van der Waals surface area contributed by atoms with Gasteiger partial charge in [0.25, 0.3) is 0 Å². The predicted octanol–water partition coefficient (Wildman–Crippen LogP) is -0.0647. The van der Waals surface area contributed by atoms with Crippen molar-refractivity contribution < 1.29 is 17.5 Å². The van der Waals surface area contributed by atoms with Crippen molar-refractivity contribution in [3.63, 3.8) is 0 Å². The van der Waals surface area contributed by atoms with Gasteiger partial charge in [0.1, 0.15) is 0 Å². The van der Waals surface area contributed by atoms with Crippen LogP contribution in [0.3, 0.4) is 0 Å². The maximum absolute atomic E-state index is 10.8. The van der Waals surface area contributed by atoms with Gasteiger partial charge in [0.05, 0.1) is 0 Å². The van der Waals surface area contributed by atoms with Crippen LogP contribution in [0.4, 0.5) is 8.78 Å². The van der Waals surface area contributed by atoms with Crippen molar-refractivity contribution in [3.05, 3.63) is 0 Å². The fourth-order valence-corrected chi connectivity index (χ4v) is 0.229. The van der Waals surface area contributed by atoms with Crippen LogP contribution in [0.1, 0.15) is 0 Å². The average Bonchev–Trinajstić information content (AvgIpc) is 1.27. The molecule has 1 unspecified atom stereocenters. The molecule has 0 heterocycles. The molecular formula is CH3F2NO2S.